The number of nitrogens with one attached hydrogen (secondary N) is 1. The summed E-state index contributed by atoms with van der Waals surface area (Å²) in [6.45, 7) is 2.13. The van der Waals surface area contributed by atoms with E-state index >= 15 is 0 Å². The van der Waals surface area contributed by atoms with Crippen molar-refractivity contribution in [2.45, 2.75) is 19.1 Å². The van der Waals surface area contributed by atoms with E-state index in [-0.39, 0.29) is 0 Å². The summed E-state index contributed by atoms with van der Waals surface area (Å²) < 4.78 is 0. The maximum Gasteiger partial charge on any atom is 0.160 e. The van der Waals surface area contributed by atoms with Crippen LogP contribution in [0.15, 0.2) is 6.07 Å². The molecule has 2 unspecified atom stereocenters. The third-order valence-corrected chi connectivity index (χ3v) is 3.37. The molecule has 0 fully saturated rings. The van der Waals surface area contributed by atoms with E-state index in [0.717, 1.165) is 11.8 Å². The molecule has 0 saturated heterocycles. The molecular weight excluding hydrogens is 214 g/mol. The number of likely N-dealkylation sites (N-methyl/N-ethyl adjacent to an activating group) is 1. The minimum atomic E-state index is -0.934. The van der Waals surface area contributed by atoms with Gasteiger partial charge in [0.1, 0.15) is 6.10 Å². The lowest BCUT2D eigenvalue weighted by Gasteiger charge is -2.16. The first kappa shape index (κ1) is 12.3. The van der Waals surface area contributed by atoms with Crippen LogP contribution in [0.3, 0.4) is 0 Å². The molecule has 0 aliphatic rings. The summed E-state index contributed by atoms with van der Waals surface area (Å²) in [6.07, 6.45) is -1.04. The molecule has 2 atom stereocenters. The van der Waals surface area contributed by atoms with E-state index in [1.54, 1.807) is 13.1 Å². The first-order chi connectivity index (χ1) is 7.10. The first-order valence-corrected chi connectivity index (χ1v) is 5.48. The van der Waals surface area contributed by atoms with Gasteiger partial charge in [0, 0.05) is 11.4 Å². The molecule has 0 aromatic carbocycles. The Labute approximate surface area is 92.6 Å². The van der Waals surface area contributed by atoms with Gasteiger partial charge in [-0.25, -0.2) is 0 Å². The Morgan fingerprint density at radius 1 is 1.60 bits per heavy atom. The second kappa shape index (κ2) is 5.37. The first-order valence-electron chi connectivity index (χ1n) is 4.66. The van der Waals surface area contributed by atoms with Gasteiger partial charge >= 0.3 is 0 Å². The third kappa shape index (κ3) is 2.85. The highest BCUT2D eigenvalue weighted by Gasteiger charge is 2.21. The van der Waals surface area contributed by atoms with Gasteiger partial charge in [0.05, 0.1) is 11.0 Å². The maximum atomic E-state index is 10.5. The molecule has 1 heterocycles. The molecule has 15 heavy (non-hydrogen) atoms. The van der Waals surface area contributed by atoms with Crippen molar-refractivity contribution in [1.82, 2.24) is 5.32 Å². The predicted octanol–water partition coefficient (Wildman–Crippen LogP) is 0.483. The van der Waals surface area contributed by atoms with Crippen molar-refractivity contribution in [1.29, 1.82) is 0 Å². The molecule has 1 rings (SSSR count). The predicted molar refractivity (Wildman–Crippen MR) is 59.3 cm³/mol. The molecule has 0 aliphatic heterocycles. The molecule has 0 bridgehead atoms. The van der Waals surface area contributed by atoms with Crippen LogP contribution >= 0.6 is 11.3 Å². The SMILES string of the molecule is CNCC(O)C(O)c1sc(C=O)cc1C. The topological polar surface area (TPSA) is 69.6 Å². The van der Waals surface area contributed by atoms with Gasteiger partial charge < -0.3 is 15.5 Å². The van der Waals surface area contributed by atoms with Crippen molar-refractivity contribution in [2.24, 2.45) is 0 Å². The van der Waals surface area contributed by atoms with E-state index in [9.17, 15) is 15.0 Å². The van der Waals surface area contributed by atoms with Gasteiger partial charge in [0.2, 0.25) is 0 Å². The number of aldehydes is 1. The lowest BCUT2D eigenvalue weighted by Crippen LogP contribution is -2.29. The summed E-state index contributed by atoms with van der Waals surface area (Å²) in [5, 5.41) is 22.2. The van der Waals surface area contributed by atoms with E-state index in [4.69, 9.17) is 0 Å². The Hall–Kier alpha value is -0.750. The lowest BCUT2D eigenvalue weighted by molar-refractivity contribution is 0.0221. The minimum absolute atomic E-state index is 0.314. The van der Waals surface area contributed by atoms with Gasteiger partial charge in [-0.1, -0.05) is 0 Å². The van der Waals surface area contributed by atoms with Gasteiger partial charge in [0.15, 0.2) is 6.29 Å². The van der Waals surface area contributed by atoms with Crippen LogP contribution in [0.2, 0.25) is 0 Å². The number of aliphatic hydroxyl groups excluding tert-OH is 2. The highest BCUT2D eigenvalue weighted by molar-refractivity contribution is 7.13. The number of aliphatic hydroxyl groups is 2. The van der Waals surface area contributed by atoms with Crippen LogP contribution in [-0.4, -0.2) is 36.2 Å². The third-order valence-electron chi connectivity index (χ3n) is 2.14. The Morgan fingerprint density at radius 3 is 2.73 bits per heavy atom. The van der Waals surface area contributed by atoms with Gasteiger partial charge in [-0.15, -0.1) is 11.3 Å². The van der Waals surface area contributed by atoms with Crippen LogP contribution in [0.4, 0.5) is 0 Å². The fourth-order valence-electron chi connectivity index (χ4n) is 1.37. The standard InChI is InChI=1S/C10H15NO3S/c1-6-3-7(5-12)15-10(6)9(14)8(13)4-11-2/h3,5,8-9,11,13-14H,4H2,1-2H3. The molecule has 3 N–H and O–H groups in total. The van der Waals surface area contributed by atoms with Gasteiger partial charge in [0.25, 0.3) is 0 Å². The number of aryl methyl sites for hydroxylation is 1. The van der Waals surface area contributed by atoms with E-state index < -0.39 is 12.2 Å². The fraction of sp³-hybridized carbons (Fsp3) is 0.500. The Balaban J connectivity index is 2.84. The largest absolute Gasteiger partial charge is 0.389 e. The number of hydrogen-bond acceptors (Lipinski definition) is 5. The normalized spacial score (nSPS) is 14.9. The Kier molecular flexibility index (Phi) is 4.41. The van der Waals surface area contributed by atoms with Crippen LogP contribution in [0.5, 0.6) is 0 Å². The average molecular weight is 229 g/mol. The summed E-state index contributed by atoms with van der Waals surface area (Å²) in [5.41, 5.74) is 0.838. The van der Waals surface area contributed by atoms with Crippen molar-refractivity contribution < 1.29 is 15.0 Å². The fourth-order valence-corrected chi connectivity index (χ4v) is 2.40. The Bertz CT molecular complexity index is 337. The lowest BCUT2D eigenvalue weighted by atomic mass is 10.1. The number of hydrogen-bond donors (Lipinski definition) is 3. The highest BCUT2D eigenvalue weighted by atomic mass is 32.1. The van der Waals surface area contributed by atoms with E-state index in [1.807, 2.05) is 6.92 Å². The number of carbonyl (C=O) groups excluding carboxylic acids is 1. The highest BCUT2D eigenvalue weighted by Crippen LogP contribution is 2.28. The zero-order valence-corrected chi connectivity index (χ0v) is 9.54. The van der Waals surface area contributed by atoms with Crippen molar-refractivity contribution in [3.05, 3.63) is 21.4 Å². The van der Waals surface area contributed by atoms with Crippen molar-refractivity contribution >= 4 is 17.6 Å². The summed E-state index contributed by atoms with van der Waals surface area (Å²) in [7, 11) is 1.70. The smallest absolute Gasteiger partial charge is 0.160 e. The van der Waals surface area contributed by atoms with Crippen LogP contribution < -0.4 is 5.32 Å². The molecular formula is C10H15NO3S. The number of thiophene rings is 1. The van der Waals surface area contributed by atoms with Crippen LogP contribution in [0, 0.1) is 6.92 Å². The molecule has 0 aliphatic carbocycles. The molecule has 84 valence electrons. The second-order valence-electron chi connectivity index (χ2n) is 3.38. The van der Waals surface area contributed by atoms with E-state index in [0.29, 0.717) is 16.3 Å². The number of carbonyl (C=O) groups is 1. The van der Waals surface area contributed by atoms with Gasteiger partial charge in [-0.3, -0.25) is 4.79 Å². The molecule has 1 aromatic rings. The molecule has 1 aromatic heterocycles. The molecule has 0 radical (unpaired) electrons. The quantitative estimate of drug-likeness (QED) is 0.642. The zero-order valence-electron chi connectivity index (χ0n) is 8.73. The van der Waals surface area contributed by atoms with Crippen LogP contribution in [-0.2, 0) is 0 Å². The van der Waals surface area contributed by atoms with Crippen LogP contribution in [0.1, 0.15) is 26.2 Å². The van der Waals surface area contributed by atoms with Crippen LogP contribution in [0.25, 0.3) is 0 Å². The van der Waals surface area contributed by atoms with Crippen molar-refractivity contribution in [2.75, 3.05) is 13.6 Å². The van der Waals surface area contributed by atoms with Crippen molar-refractivity contribution in [3.63, 3.8) is 0 Å². The van der Waals surface area contributed by atoms with E-state index in [2.05, 4.69) is 5.32 Å². The molecule has 4 nitrogen and oxygen atoms in total. The van der Waals surface area contributed by atoms with Gasteiger partial charge in [-0.05, 0) is 25.6 Å². The number of rotatable bonds is 5. The Morgan fingerprint density at radius 2 is 2.27 bits per heavy atom. The zero-order chi connectivity index (χ0) is 11.4. The van der Waals surface area contributed by atoms with Crippen molar-refractivity contribution in [3.8, 4) is 0 Å². The average Bonchev–Trinajstić information content (AvgIpc) is 2.59. The summed E-state index contributed by atoms with van der Waals surface area (Å²) >= 11 is 1.22. The molecule has 5 heteroatoms. The maximum absolute atomic E-state index is 10.5. The molecule has 0 spiro atoms. The summed E-state index contributed by atoms with van der Waals surface area (Å²) in [5.74, 6) is 0. The summed E-state index contributed by atoms with van der Waals surface area (Å²) in [4.78, 5) is 11.8. The minimum Gasteiger partial charge on any atom is -0.389 e. The van der Waals surface area contributed by atoms with E-state index in [1.165, 1.54) is 11.3 Å². The second-order valence-corrected chi connectivity index (χ2v) is 4.50. The monoisotopic (exact) mass is 229 g/mol. The van der Waals surface area contributed by atoms with Gasteiger partial charge in [-0.2, -0.15) is 0 Å². The molecule has 0 saturated carbocycles. The summed E-state index contributed by atoms with van der Waals surface area (Å²) in [6, 6.07) is 1.71. The molecule has 0 amide bonds.